The van der Waals surface area contributed by atoms with Gasteiger partial charge in [0, 0.05) is 12.6 Å². The van der Waals surface area contributed by atoms with E-state index >= 15 is 0 Å². The first-order chi connectivity index (χ1) is 8.09. The summed E-state index contributed by atoms with van der Waals surface area (Å²) in [5, 5.41) is 7.48. The second kappa shape index (κ2) is 7.19. The second-order valence-corrected chi connectivity index (χ2v) is 4.44. The minimum absolute atomic E-state index is 0.0364. The van der Waals surface area contributed by atoms with Crippen LogP contribution in [0.5, 0.6) is 0 Å². The van der Waals surface area contributed by atoms with E-state index in [9.17, 15) is 4.79 Å². The lowest BCUT2D eigenvalue weighted by Gasteiger charge is -2.10. The Morgan fingerprint density at radius 1 is 1.35 bits per heavy atom. The Balaban J connectivity index is 2.22. The molecule has 96 valence electrons. The molecule has 0 amide bonds. The summed E-state index contributed by atoms with van der Waals surface area (Å²) < 4.78 is 1.51. The van der Waals surface area contributed by atoms with Gasteiger partial charge in [0.2, 0.25) is 0 Å². The maximum absolute atomic E-state index is 11.4. The summed E-state index contributed by atoms with van der Waals surface area (Å²) in [5.74, 6) is 0. The quantitative estimate of drug-likeness (QED) is 0.684. The zero-order valence-corrected chi connectivity index (χ0v) is 10.9. The number of rotatable bonds is 7. The number of aromatic nitrogens is 2. The minimum atomic E-state index is -0.0364. The van der Waals surface area contributed by atoms with Crippen molar-refractivity contribution in [2.45, 2.75) is 19.9 Å². The fraction of sp³-hybridized carbons (Fsp3) is 0.667. The fourth-order valence-corrected chi connectivity index (χ4v) is 1.54. The Morgan fingerprint density at radius 3 is 2.82 bits per heavy atom. The molecule has 1 aromatic heterocycles. The van der Waals surface area contributed by atoms with Gasteiger partial charge in [0.1, 0.15) is 0 Å². The molecule has 17 heavy (non-hydrogen) atoms. The maximum atomic E-state index is 11.4. The van der Waals surface area contributed by atoms with E-state index in [0.717, 1.165) is 31.7 Å². The third-order valence-corrected chi connectivity index (χ3v) is 2.46. The molecule has 1 aromatic rings. The number of hydrogen-bond acceptors (Lipinski definition) is 4. The van der Waals surface area contributed by atoms with E-state index in [2.05, 4.69) is 29.4 Å². The van der Waals surface area contributed by atoms with Crippen molar-refractivity contribution >= 4 is 0 Å². The van der Waals surface area contributed by atoms with Crippen molar-refractivity contribution in [2.24, 2.45) is 0 Å². The molecule has 0 saturated carbocycles. The van der Waals surface area contributed by atoms with Gasteiger partial charge in [-0.05, 0) is 46.6 Å². The molecule has 0 unspecified atom stereocenters. The summed E-state index contributed by atoms with van der Waals surface area (Å²) >= 11 is 0. The molecule has 0 bridgehead atoms. The Labute approximate surface area is 102 Å². The summed E-state index contributed by atoms with van der Waals surface area (Å²) in [6.07, 6.45) is 1.11. The molecule has 0 aliphatic rings. The molecule has 0 saturated heterocycles. The van der Waals surface area contributed by atoms with Gasteiger partial charge in [-0.25, -0.2) is 4.68 Å². The summed E-state index contributed by atoms with van der Waals surface area (Å²) in [6.45, 7) is 5.35. The van der Waals surface area contributed by atoms with Crippen molar-refractivity contribution in [3.05, 3.63) is 28.2 Å². The van der Waals surface area contributed by atoms with E-state index in [4.69, 9.17) is 0 Å². The normalized spacial score (nSPS) is 11.1. The molecule has 1 heterocycles. The van der Waals surface area contributed by atoms with Gasteiger partial charge in [0.05, 0.1) is 12.2 Å². The highest BCUT2D eigenvalue weighted by Crippen LogP contribution is 1.85. The van der Waals surface area contributed by atoms with E-state index in [1.807, 2.05) is 6.92 Å². The van der Waals surface area contributed by atoms with Crippen LogP contribution in [-0.4, -0.2) is 48.4 Å². The molecule has 5 nitrogen and oxygen atoms in total. The molecule has 1 N–H and O–H groups in total. The molecule has 0 aliphatic heterocycles. The SMILES string of the molecule is Cc1ccc(=O)n(CCNCCCN(C)C)n1. The molecule has 5 heteroatoms. The van der Waals surface area contributed by atoms with Gasteiger partial charge in [-0.3, -0.25) is 4.79 Å². The number of nitrogens with one attached hydrogen (secondary N) is 1. The highest BCUT2D eigenvalue weighted by atomic mass is 16.1. The van der Waals surface area contributed by atoms with Gasteiger partial charge in [-0.15, -0.1) is 0 Å². The molecule has 0 radical (unpaired) electrons. The van der Waals surface area contributed by atoms with Crippen molar-refractivity contribution in [1.29, 1.82) is 0 Å². The lowest BCUT2D eigenvalue weighted by atomic mass is 10.4. The number of aryl methyl sites for hydroxylation is 1. The standard InChI is InChI=1S/C12H22N4O/c1-11-5-6-12(17)16(14-11)10-8-13-7-4-9-15(2)3/h5-6,13H,4,7-10H2,1-3H3. The largest absolute Gasteiger partial charge is 0.315 e. The van der Waals surface area contributed by atoms with Crippen molar-refractivity contribution < 1.29 is 0 Å². The van der Waals surface area contributed by atoms with Crippen LogP contribution in [0.25, 0.3) is 0 Å². The van der Waals surface area contributed by atoms with Crippen LogP contribution < -0.4 is 10.9 Å². The van der Waals surface area contributed by atoms with Crippen molar-refractivity contribution in [2.75, 3.05) is 33.7 Å². The smallest absolute Gasteiger partial charge is 0.266 e. The zero-order chi connectivity index (χ0) is 12.7. The van der Waals surface area contributed by atoms with E-state index in [-0.39, 0.29) is 5.56 Å². The molecule has 0 aromatic carbocycles. The van der Waals surface area contributed by atoms with Crippen LogP contribution in [0.1, 0.15) is 12.1 Å². The Bertz CT molecular complexity index is 386. The fourth-order valence-electron chi connectivity index (χ4n) is 1.54. The molecular weight excluding hydrogens is 216 g/mol. The second-order valence-electron chi connectivity index (χ2n) is 4.44. The summed E-state index contributed by atoms with van der Waals surface area (Å²) in [4.78, 5) is 13.6. The lowest BCUT2D eigenvalue weighted by molar-refractivity contribution is 0.392. The van der Waals surface area contributed by atoms with Crippen LogP contribution in [0.3, 0.4) is 0 Å². The summed E-state index contributed by atoms with van der Waals surface area (Å²) in [6, 6.07) is 3.30. The van der Waals surface area contributed by atoms with Crippen molar-refractivity contribution in [3.63, 3.8) is 0 Å². The summed E-state index contributed by atoms with van der Waals surface area (Å²) in [7, 11) is 4.13. The first kappa shape index (κ1) is 13.9. The Hall–Kier alpha value is -1.20. The molecule has 0 aliphatic carbocycles. The van der Waals surface area contributed by atoms with E-state index < -0.39 is 0 Å². The van der Waals surface area contributed by atoms with Crippen LogP contribution in [0, 0.1) is 6.92 Å². The van der Waals surface area contributed by atoms with Gasteiger partial charge >= 0.3 is 0 Å². The zero-order valence-electron chi connectivity index (χ0n) is 10.9. The lowest BCUT2D eigenvalue weighted by Crippen LogP contribution is -2.30. The molecule has 1 rings (SSSR count). The molecule has 0 atom stereocenters. The van der Waals surface area contributed by atoms with E-state index in [0.29, 0.717) is 6.54 Å². The van der Waals surface area contributed by atoms with Gasteiger partial charge in [0.15, 0.2) is 0 Å². The molecule has 0 fully saturated rings. The third-order valence-electron chi connectivity index (χ3n) is 2.46. The highest BCUT2D eigenvalue weighted by molar-refractivity contribution is 4.96. The van der Waals surface area contributed by atoms with Crippen LogP contribution in [0.2, 0.25) is 0 Å². The average molecular weight is 238 g/mol. The van der Waals surface area contributed by atoms with E-state index in [1.165, 1.54) is 4.68 Å². The van der Waals surface area contributed by atoms with Gasteiger partial charge in [0.25, 0.3) is 5.56 Å². The van der Waals surface area contributed by atoms with Gasteiger partial charge < -0.3 is 10.2 Å². The van der Waals surface area contributed by atoms with Crippen LogP contribution in [0.15, 0.2) is 16.9 Å². The third kappa shape index (κ3) is 5.60. The van der Waals surface area contributed by atoms with Crippen molar-refractivity contribution in [3.8, 4) is 0 Å². The molecule has 0 spiro atoms. The Morgan fingerprint density at radius 2 is 2.12 bits per heavy atom. The van der Waals surface area contributed by atoms with Crippen LogP contribution in [-0.2, 0) is 6.54 Å². The Kier molecular flexibility index (Phi) is 5.86. The monoisotopic (exact) mass is 238 g/mol. The number of nitrogens with zero attached hydrogens (tertiary/aromatic N) is 3. The molecular formula is C12H22N4O. The summed E-state index contributed by atoms with van der Waals surface area (Å²) in [5.41, 5.74) is 0.836. The maximum Gasteiger partial charge on any atom is 0.266 e. The minimum Gasteiger partial charge on any atom is -0.315 e. The topological polar surface area (TPSA) is 50.2 Å². The first-order valence-corrected chi connectivity index (χ1v) is 6.00. The predicted molar refractivity (Wildman–Crippen MR) is 69.3 cm³/mol. The van der Waals surface area contributed by atoms with Crippen LogP contribution in [0.4, 0.5) is 0 Å². The van der Waals surface area contributed by atoms with Crippen molar-refractivity contribution in [1.82, 2.24) is 20.0 Å². The van der Waals surface area contributed by atoms with E-state index in [1.54, 1.807) is 12.1 Å². The average Bonchev–Trinajstić information content (AvgIpc) is 2.27. The van der Waals surface area contributed by atoms with Gasteiger partial charge in [-0.2, -0.15) is 5.10 Å². The van der Waals surface area contributed by atoms with Crippen LogP contribution >= 0.6 is 0 Å². The highest BCUT2D eigenvalue weighted by Gasteiger charge is 1.97. The van der Waals surface area contributed by atoms with Gasteiger partial charge in [-0.1, -0.05) is 0 Å². The first-order valence-electron chi connectivity index (χ1n) is 6.00. The predicted octanol–water partition coefficient (Wildman–Crippen LogP) is 0.0930. The number of hydrogen-bond donors (Lipinski definition) is 1.